The molecule has 1 amide bonds. The number of nitrogens with zero attached hydrogens (tertiary/aromatic N) is 1. The molecular formula is C16H15ClN2O3S. The van der Waals surface area contributed by atoms with E-state index in [2.05, 4.69) is 10.3 Å². The molecule has 1 fully saturated rings. The van der Waals surface area contributed by atoms with Crippen LogP contribution in [0.2, 0.25) is 5.02 Å². The van der Waals surface area contributed by atoms with E-state index < -0.39 is 5.97 Å². The third kappa shape index (κ3) is 3.71. The molecule has 3 rings (SSSR count). The van der Waals surface area contributed by atoms with E-state index in [1.165, 1.54) is 11.3 Å². The molecule has 2 atom stereocenters. The first-order valence-electron chi connectivity index (χ1n) is 7.28. The molecule has 23 heavy (non-hydrogen) atoms. The van der Waals surface area contributed by atoms with Crippen molar-refractivity contribution in [3.05, 3.63) is 40.4 Å². The van der Waals surface area contributed by atoms with Crippen LogP contribution in [-0.2, 0) is 4.79 Å². The maximum atomic E-state index is 12.2. The van der Waals surface area contributed by atoms with E-state index in [4.69, 9.17) is 16.7 Å². The van der Waals surface area contributed by atoms with Crippen molar-refractivity contribution in [3.63, 3.8) is 0 Å². The van der Waals surface area contributed by atoms with Gasteiger partial charge in [0.05, 0.1) is 5.92 Å². The predicted octanol–water partition coefficient (Wildman–Crippen LogP) is 3.45. The van der Waals surface area contributed by atoms with Crippen LogP contribution in [0.5, 0.6) is 0 Å². The summed E-state index contributed by atoms with van der Waals surface area (Å²) in [5.41, 5.74) is 1.27. The summed E-state index contributed by atoms with van der Waals surface area (Å²) in [5.74, 6) is -1.40. The molecular weight excluding hydrogens is 336 g/mol. The van der Waals surface area contributed by atoms with Crippen molar-refractivity contribution in [2.75, 3.05) is 0 Å². The summed E-state index contributed by atoms with van der Waals surface area (Å²) in [6, 6.07) is 7.18. The van der Waals surface area contributed by atoms with Crippen LogP contribution in [0.1, 0.15) is 29.8 Å². The number of hydrogen-bond acceptors (Lipinski definition) is 4. The Labute approximate surface area is 142 Å². The average molecular weight is 351 g/mol. The van der Waals surface area contributed by atoms with E-state index in [0.29, 0.717) is 30.0 Å². The fraction of sp³-hybridized carbons (Fsp3) is 0.312. The average Bonchev–Trinajstić information content (AvgIpc) is 3.17. The molecule has 1 aliphatic carbocycles. The minimum atomic E-state index is -0.791. The predicted molar refractivity (Wildman–Crippen MR) is 88.8 cm³/mol. The maximum Gasteiger partial charge on any atom is 0.306 e. The van der Waals surface area contributed by atoms with Crippen LogP contribution in [0, 0.1) is 5.92 Å². The fourth-order valence-electron chi connectivity index (χ4n) is 2.70. The molecule has 5 nitrogen and oxygen atoms in total. The van der Waals surface area contributed by atoms with Crippen LogP contribution in [-0.4, -0.2) is 28.0 Å². The molecule has 1 aromatic heterocycles. The third-order valence-electron chi connectivity index (χ3n) is 3.95. The van der Waals surface area contributed by atoms with Gasteiger partial charge in [-0.15, -0.1) is 11.3 Å². The van der Waals surface area contributed by atoms with Crippen molar-refractivity contribution in [2.45, 2.75) is 25.3 Å². The van der Waals surface area contributed by atoms with Gasteiger partial charge in [-0.1, -0.05) is 23.7 Å². The lowest BCUT2D eigenvalue weighted by Gasteiger charge is -2.10. The molecule has 0 aliphatic heterocycles. The summed E-state index contributed by atoms with van der Waals surface area (Å²) in [4.78, 5) is 27.5. The molecule has 0 unspecified atom stereocenters. The second kappa shape index (κ2) is 6.68. The summed E-state index contributed by atoms with van der Waals surface area (Å²) < 4.78 is 0. The van der Waals surface area contributed by atoms with Crippen LogP contribution in [0.25, 0.3) is 10.6 Å². The Bertz CT molecular complexity index is 729. The highest BCUT2D eigenvalue weighted by Gasteiger charge is 2.31. The number of aliphatic carboxylic acids is 1. The zero-order valence-corrected chi connectivity index (χ0v) is 13.7. The Kier molecular flexibility index (Phi) is 4.63. The number of carboxylic acid groups (broad SMARTS) is 1. The zero-order chi connectivity index (χ0) is 16.4. The molecule has 1 aliphatic rings. The summed E-state index contributed by atoms with van der Waals surface area (Å²) in [5, 5.41) is 15.0. The van der Waals surface area contributed by atoms with Crippen molar-refractivity contribution in [1.82, 2.24) is 10.3 Å². The molecule has 0 saturated heterocycles. The maximum absolute atomic E-state index is 12.2. The number of aromatic nitrogens is 1. The van der Waals surface area contributed by atoms with E-state index in [9.17, 15) is 9.59 Å². The Morgan fingerprint density at radius 3 is 2.65 bits per heavy atom. The molecule has 120 valence electrons. The van der Waals surface area contributed by atoms with Gasteiger partial charge in [0.15, 0.2) is 0 Å². The fourth-order valence-corrected chi connectivity index (χ4v) is 3.63. The van der Waals surface area contributed by atoms with E-state index in [1.54, 1.807) is 17.5 Å². The van der Waals surface area contributed by atoms with Crippen molar-refractivity contribution in [2.24, 2.45) is 5.92 Å². The molecule has 1 heterocycles. The second-order valence-corrected chi connectivity index (χ2v) is 6.86. The number of hydrogen-bond donors (Lipinski definition) is 2. The van der Waals surface area contributed by atoms with E-state index in [0.717, 1.165) is 10.6 Å². The zero-order valence-electron chi connectivity index (χ0n) is 12.2. The standard InChI is InChI=1S/C16H15ClN2O3S/c17-11-4-1-9(2-5-11)15-19-13(8-23-15)14(20)18-12-6-3-10(7-12)16(21)22/h1-2,4-5,8,10,12H,3,6-7H2,(H,18,20)(H,21,22)/t10-,12+/m0/s1. The molecule has 2 N–H and O–H groups in total. The molecule has 2 aromatic rings. The number of nitrogens with one attached hydrogen (secondary N) is 1. The first-order chi connectivity index (χ1) is 11.0. The second-order valence-electron chi connectivity index (χ2n) is 5.56. The normalized spacial score (nSPS) is 20.4. The molecule has 1 saturated carbocycles. The van der Waals surface area contributed by atoms with Crippen LogP contribution in [0.15, 0.2) is 29.6 Å². The van der Waals surface area contributed by atoms with Gasteiger partial charge in [-0.2, -0.15) is 0 Å². The Morgan fingerprint density at radius 2 is 2.00 bits per heavy atom. The minimum absolute atomic E-state index is 0.0933. The number of rotatable bonds is 4. The third-order valence-corrected chi connectivity index (χ3v) is 5.09. The van der Waals surface area contributed by atoms with Gasteiger partial charge in [0, 0.05) is 22.0 Å². The van der Waals surface area contributed by atoms with Crippen molar-refractivity contribution >= 4 is 34.8 Å². The largest absolute Gasteiger partial charge is 0.481 e. The number of carbonyl (C=O) groups excluding carboxylic acids is 1. The van der Waals surface area contributed by atoms with Crippen molar-refractivity contribution in [1.29, 1.82) is 0 Å². The smallest absolute Gasteiger partial charge is 0.306 e. The summed E-state index contributed by atoms with van der Waals surface area (Å²) >= 11 is 7.25. The van der Waals surface area contributed by atoms with Gasteiger partial charge in [0.2, 0.25) is 0 Å². The number of carbonyl (C=O) groups is 2. The lowest BCUT2D eigenvalue weighted by molar-refractivity contribution is -0.141. The van der Waals surface area contributed by atoms with Crippen LogP contribution in [0.4, 0.5) is 0 Å². The summed E-state index contributed by atoms with van der Waals surface area (Å²) in [6.07, 6.45) is 1.78. The number of benzene rings is 1. The first kappa shape index (κ1) is 16.0. The Balaban J connectivity index is 1.65. The topological polar surface area (TPSA) is 79.3 Å². The highest BCUT2D eigenvalue weighted by molar-refractivity contribution is 7.13. The lowest BCUT2D eigenvalue weighted by atomic mass is 10.1. The Morgan fingerprint density at radius 1 is 1.26 bits per heavy atom. The number of amides is 1. The lowest BCUT2D eigenvalue weighted by Crippen LogP contribution is -2.33. The molecule has 1 aromatic carbocycles. The first-order valence-corrected chi connectivity index (χ1v) is 8.54. The Hall–Kier alpha value is -1.92. The highest BCUT2D eigenvalue weighted by Crippen LogP contribution is 2.27. The summed E-state index contributed by atoms with van der Waals surface area (Å²) in [7, 11) is 0. The van der Waals surface area contributed by atoms with Gasteiger partial charge >= 0.3 is 5.97 Å². The van der Waals surface area contributed by atoms with Crippen LogP contribution < -0.4 is 5.32 Å². The minimum Gasteiger partial charge on any atom is -0.481 e. The van der Waals surface area contributed by atoms with E-state index in [-0.39, 0.29) is 17.9 Å². The van der Waals surface area contributed by atoms with Gasteiger partial charge in [0.1, 0.15) is 10.7 Å². The molecule has 0 spiro atoms. The van der Waals surface area contributed by atoms with Crippen molar-refractivity contribution < 1.29 is 14.7 Å². The SMILES string of the molecule is O=C(N[C@@H]1CC[C@H](C(=O)O)C1)c1csc(-c2ccc(Cl)cc2)n1. The number of thiazole rings is 1. The van der Waals surface area contributed by atoms with E-state index in [1.807, 2.05) is 12.1 Å². The van der Waals surface area contributed by atoms with Crippen molar-refractivity contribution in [3.8, 4) is 10.6 Å². The van der Waals surface area contributed by atoms with E-state index >= 15 is 0 Å². The molecule has 7 heteroatoms. The monoisotopic (exact) mass is 350 g/mol. The van der Waals surface area contributed by atoms with Crippen LogP contribution in [0.3, 0.4) is 0 Å². The molecule has 0 radical (unpaired) electrons. The highest BCUT2D eigenvalue weighted by atomic mass is 35.5. The number of carboxylic acids is 1. The van der Waals surface area contributed by atoms with Gasteiger partial charge in [0.25, 0.3) is 5.91 Å². The van der Waals surface area contributed by atoms with Gasteiger partial charge in [-0.05, 0) is 31.4 Å². The quantitative estimate of drug-likeness (QED) is 0.885. The molecule has 0 bridgehead atoms. The number of halogens is 1. The van der Waals surface area contributed by atoms with Gasteiger partial charge in [-0.25, -0.2) is 4.98 Å². The van der Waals surface area contributed by atoms with Gasteiger partial charge in [-0.3, -0.25) is 9.59 Å². The summed E-state index contributed by atoms with van der Waals surface area (Å²) in [6.45, 7) is 0. The van der Waals surface area contributed by atoms with Crippen LogP contribution >= 0.6 is 22.9 Å². The van der Waals surface area contributed by atoms with Gasteiger partial charge < -0.3 is 10.4 Å².